The van der Waals surface area contributed by atoms with E-state index >= 15 is 0 Å². The van der Waals surface area contributed by atoms with Crippen LogP contribution < -0.4 is 5.32 Å². The Morgan fingerprint density at radius 1 is 1.41 bits per heavy atom. The van der Waals surface area contributed by atoms with Gasteiger partial charge in [-0.1, -0.05) is 11.8 Å². The van der Waals surface area contributed by atoms with Crippen molar-refractivity contribution in [3.63, 3.8) is 0 Å². The van der Waals surface area contributed by atoms with Gasteiger partial charge in [-0.15, -0.1) is 0 Å². The summed E-state index contributed by atoms with van der Waals surface area (Å²) in [6, 6.07) is 3.42. The molecule has 1 fully saturated rings. The molecule has 1 aliphatic heterocycles. The van der Waals surface area contributed by atoms with E-state index in [4.69, 9.17) is 0 Å². The Morgan fingerprint density at radius 3 is 2.82 bits per heavy atom. The van der Waals surface area contributed by atoms with Crippen LogP contribution in [0.25, 0.3) is 0 Å². The Balaban J connectivity index is 2.07. The fourth-order valence-electron chi connectivity index (χ4n) is 1.52. The van der Waals surface area contributed by atoms with E-state index in [1.807, 2.05) is 0 Å². The predicted octanol–water partition coefficient (Wildman–Crippen LogP) is 2.94. The zero-order valence-electron chi connectivity index (χ0n) is 9.76. The Hall–Kier alpha value is -1.10. The number of amidine groups is 1. The van der Waals surface area contributed by atoms with Crippen LogP contribution in [0.2, 0.25) is 0 Å². The molecule has 1 N–H and O–H groups in total. The summed E-state index contributed by atoms with van der Waals surface area (Å²) in [5, 5.41) is 4.02. The van der Waals surface area contributed by atoms with Crippen LogP contribution in [0.15, 0.2) is 23.2 Å². The lowest BCUT2D eigenvalue weighted by Crippen LogP contribution is -2.36. The number of nitrogens with zero attached hydrogens (tertiary/aromatic N) is 1. The zero-order valence-corrected chi connectivity index (χ0v) is 10.6. The van der Waals surface area contributed by atoms with Crippen LogP contribution in [0.5, 0.6) is 0 Å². The Bertz CT molecular complexity index is 458. The second-order valence-corrected chi connectivity index (χ2v) is 5.62. The summed E-state index contributed by atoms with van der Waals surface area (Å²) < 4.78 is 26.3. The van der Waals surface area contributed by atoms with E-state index in [0.29, 0.717) is 0 Å². The number of hydrogen-bond donors (Lipinski definition) is 1. The van der Waals surface area contributed by atoms with E-state index < -0.39 is 11.6 Å². The molecule has 17 heavy (non-hydrogen) atoms. The average Bonchev–Trinajstić information content (AvgIpc) is 2.60. The molecule has 1 aromatic rings. The van der Waals surface area contributed by atoms with Crippen molar-refractivity contribution in [2.45, 2.75) is 25.9 Å². The lowest BCUT2D eigenvalue weighted by Gasteiger charge is -2.15. The van der Waals surface area contributed by atoms with Crippen LogP contribution in [-0.2, 0) is 6.54 Å². The minimum atomic E-state index is -0.436. The molecule has 5 heteroatoms. The molecule has 92 valence electrons. The monoisotopic (exact) mass is 256 g/mol. The number of rotatable bonds is 2. The highest BCUT2D eigenvalue weighted by molar-refractivity contribution is 8.14. The summed E-state index contributed by atoms with van der Waals surface area (Å²) in [6.45, 7) is 4.31. The van der Waals surface area contributed by atoms with Crippen LogP contribution in [0.4, 0.5) is 8.78 Å². The van der Waals surface area contributed by atoms with E-state index in [1.54, 1.807) is 11.8 Å². The van der Waals surface area contributed by atoms with Gasteiger partial charge in [0.2, 0.25) is 0 Å². The SMILES string of the molecule is CC1(C)CSC(=NCc2cc(F)ccc2F)N1. The smallest absolute Gasteiger partial charge is 0.157 e. The molecule has 2 rings (SSSR count). The molecule has 0 aliphatic carbocycles. The molecule has 2 nitrogen and oxygen atoms in total. The number of hydrogen-bond acceptors (Lipinski definition) is 2. The van der Waals surface area contributed by atoms with Gasteiger partial charge in [0.15, 0.2) is 5.17 Å². The van der Waals surface area contributed by atoms with E-state index in [9.17, 15) is 8.78 Å². The second kappa shape index (κ2) is 4.64. The molecular weight excluding hydrogens is 242 g/mol. The first kappa shape index (κ1) is 12.4. The first-order chi connectivity index (χ1) is 7.96. The summed E-state index contributed by atoms with van der Waals surface area (Å²) >= 11 is 1.60. The molecule has 0 spiro atoms. The predicted molar refractivity (Wildman–Crippen MR) is 67.2 cm³/mol. The summed E-state index contributed by atoms with van der Waals surface area (Å²) in [5.74, 6) is 0.0734. The van der Waals surface area contributed by atoms with Crippen molar-refractivity contribution in [2.75, 3.05) is 5.75 Å². The Labute approximate surface area is 104 Å². The summed E-state index contributed by atoms with van der Waals surface area (Å²) in [6.07, 6.45) is 0. The van der Waals surface area contributed by atoms with Gasteiger partial charge in [0, 0.05) is 16.9 Å². The Kier molecular flexibility index (Phi) is 3.38. The highest BCUT2D eigenvalue weighted by atomic mass is 32.2. The molecule has 0 unspecified atom stereocenters. The van der Waals surface area contributed by atoms with E-state index in [1.165, 1.54) is 6.07 Å². The standard InChI is InChI=1S/C12H14F2N2S/c1-12(2)7-17-11(16-12)15-6-8-5-9(13)3-4-10(8)14/h3-5H,6-7H2,1-2H3,(H,15,16). The molecule has 1 heterocycles. The topological polar surface area (TPSA) is 24.4 Å². The van der Waals surface area contributed by atoms with Crippen LogP contribution >= 0.6 is 11.8 Å². The molecule has 0 amide bonds. The summed E-state index contributed by atoms with van der Waals surface area (Å²) in [5.41, 5.74) is 0.300. The molecule has 0 saturated carbocycles. The van der Waals surface area contributed by atoms with Gasteiger partial charge in [0.05, 0.1) is 6.54 Å². The van der Waals surface area contributed by atoms with Crippen molar-refractivity contribution < 1.29 is 8.78 Å². The Morgan fingerprint density at radius 2 is 2.18 bits per heavy atom. The van der Waals surface area contributed by atoms with Crippen LogP contribution in [0.1, 0.15) is 19.4 Å². The highest BCUT2D eigenvalue weighted by Gasteiger charge is 2.27. The third-order valence-electron chi connectivity index (χ3n) is 2.42. The van der Waals surface area contributed by atoms with Gasteiger partial charge in [-0.25, -0.2) is 8.78 Å². The van der Waals surface area contributed by atoms with Crippen molar-refractivity contribution in [1.82, 2.24) is 5.32 Å². The van der Waals surface area contributed by atoms with Crippen molar-refractivity contribution in [3.05, 3.63) is 35.4 Å². The minimum absolute atomic E-state index is 0.0178. The molecule has 0 radical (unpaired) electrons. The number of benzene rings is 1. The highest BCUT2D eigenvalue weighted by Crippen LogP contribution is 2.22. The summed E-state index contributed by atoms with van der Waals surface area (Å²) in [7, 11) is 0. The lowest BCUT2D eigenvalue weighted by molar-refractivity contribution is 0.536. The molecule has 0 atom stereocenters. The van der Waals surface area contributed by atoms with E-state index in [-0.39, 0.29) is 17.6 Å². The van der Waals surface area contributed by atoms with Gasteiger partial charge in [-0.2, -0.15) is 0 Å². The lowest BCUT2D eigenvalue weighted by atomic mass is 10.1. The first-order valence-corrected chi connectivity index (χ1v) is 6.34. The molecule has 1 saturated heterocycles. The van der Waals surface area contributed by atoms with Crippen LogP contribution in [-0.4, -0.2) is 16.5 Å². The molecule has 0 aromatic heterocycles. The van der Waals surface area contributed by atoms with Crippen molar-refractivity contribution in [1.29, 1.82) is 0 Å². The maximum atomic E-state index is 13.3. The maximum absolute atomic E-state index is 13.3. The number of thioether (sulfide) groups is 1. The zero-order chi connectivity index (χ0) is 12.5. The molecular formula is C12H14F2N2S. The van der Waals surface area contributed by atoms with E-state index in [2.05, 4.69) is 24.2 Å². The fourth-order valence-corrected chi connectivity index (χ4v) is 2.59. The van der Waals surface area contributed by atoms with Crippen LogP contribution in [0, 0.1) is 11.6 Å². The quantitative estimate of drug-likeness (QED) is 0.879. The maximum Gasteiger partial charge on any atom is 0.157 e. The van der Waals surface area contributed by atoms with Crippen molar-refractivity contribution >= 4 is 16.9 Å². The van der Waals surface area contributed by atoms with E-state index in [0.717, 1.165) is 23.1 Å². The molecule has 1 aliphatic rings. The van der Waals surface area contributed by atoms with Crippen LogP contribution in [0.3, 0.4) is 0 Å². The van der Waals surface area contributed by atoms with Gasteiger partial charge in [0.1, 0.15) is 11.6 Å². The van der Waals surface area contributed by atoms with Crippen molar-refractivity contribution in [2.24, 2.45) is 4.99 Å². The van der Waals surface area contributed by atoms with Gasteiger partial charge < -0.3 is 5.32 Å². The molecule has 0 bridgehead atoms. The van der Waals surface area contributed by atoms with Crippen molar-refractivity contribution in [3.8, 4) is 0 Å². The van der Waals surface area contributed by atoms with Gasteiger partial charge in [-0.3, -0.25) is 4.99 Å². The number of nitrogens with one attached hydrogen (secondary N) is 1. The normalized spacial score (nSPS) is 20.6. The fraction of sp³-hybridized carbons (Fsp3) is 0.417. The second-order valence-electron chi connectivity index (χ2n) is 4.65. The first-order valence-electron chi connectivity index (χ1n) is 5.36. The molecule has 1 aromatic carbocycles. The third kappa shape index (κ3) is 3.19. The summed E-state index contributed by atoms with van der Waals surface area (Å²) in [4.78, 5) is 4.25. The van der Waals surface area contributed by atoms with Gasteiger partial charge in [-0.05, 0) is 32.0 Å². The minimum Gasteiger partial charge on any atom is -0.359 e. The average molecular weight is 256 g/mol. The number of aliphatic imine (C=N–C) groups is 1. The largest absolute Gasteiger partial charge is 0.359 e. The number of halogens is 2. The van der Waals surface area contributed by atoms with Gasteiger partial charge in [0.25, 0.3) is 0 Å². The van der Waals surface area contributed by atoms with Gasteiger partial charge >= 0.3 is 0 Å². The third-order valence-corrected chi connectivity index (χ3v) is 3.79.